The number of halogens is 2. The molecule has 1 unspecified atom stereocenters. The fourth-order valence-electron chi connectivity index (χ4n) is 1.53. The van der Waals surface area contributed by atoms with Crippen molar-refractivity contribution < 1.29 is 9.13 Å². The summed E-state index contributed by atoms with van der Waals surface area (Å²) in [4.78, 5) is 8.05. The van der Waals surface area contributed by atoms with Crippen LogP contribution < -0.4 is 10.5 Å². The fourth-order valence-corrected chi connectivity index (χ4v) is 1.87. The zero-order valence-corrected chi connectivity index (χ0v) is 11.9. The molecule has 1 aromatic heterocycles. The Balaban J connectivity index is 2.13. The van der Waals surface area contributed by atoms with Crippen LogP contribution in [0.4, 0.5) is 4.39 Å². The first-order valence-corrected chi connectivity index (χ1v) is 6.53. The highest BCUT2D eigenvalue weighted by Crippen LogP contribution is 2.25. The molecule has 0 saturated heterocycles. The molecule has 2 N–H and O–H groups in total. The number of rotatable bonds is 4. The van der Waals surface area contributed by atoms with E-state index in [1.54, 1.807) is 18.5 Å². The maximum Gasteiger partial charge on any atom is 0.321 e. The van der Waals surface area contributed by atoms with Crippen LogP contribution >= 0.6 is 15.9 Å². The molecule has 1 aromatic carbocycles. The quantitative estimate of drug-likeness (QED) is 0.938. The van der Waals surface area contributed by atoms with E-state index in [0.717, 1.165) is 10.0 Å². The molecule has 0 aliphatic heterocycles. The third kappa shape index (κ3) is 3.97. The van der Waals surface area contributed by atoms with Crippen molar-refractivity contribution in [3.63, 3.8) is 0 Å². The van der Waals surface area contributed by atoms with Gasteiger partial charge in [-0.15, -0.1) is 0 Å². The molecule has 0 aliphatic rings. The summed E-state index contributed by atoms with van der Waals surface area (Å²) in [7, 11) is 0. The second kappa shape index (κ2) is 6.08. The van der Waals surface area contributed by atoms with Crippen molar-refractivity contribution in [3.05, 3.63) is 46.4 Å². The van der Waals surface area contributed by atoms with Crippen molar-refractivity contribution in [2.24, 2.45) is 5.73 Å². The van der Waals surface area contributed by atoms with Gasteiger partial charge in [-0.25, -0.2) is 14.4 Å². The monoisotopic (exact) mass is 325 g/mol. The van der Waals surface area contributed by atoms with Crippen LogP contribution in [0, 0.1) is 5.82 Å². The van der Waals surface area contributed by atoms with Crippen LogP contribution in [-0.2, 0) is 6.42 Å². The number of nitrogens with zero attached hydrogens (tertiary/aromatic N) is 2. The summed E-state index contributed by atoms with van der Waals surface area (Å²) in [6.07, 6.45) is 3.94. The van der Waals surface area contributed by atoms with E-state index in [2.05, 4.69) is 25.9 Å². The van der Waals surface area contributed by atoms with Gasteiger partial charge in [0, 0.05) is 22.9 Å². The Hall–Kier alpha value is -1.53. The summed E-state index contributed by atoms with van der Waals surface area (Å²) >= 11 is 3.25. The molecule has 2 aromatic rings. The number of aromatic nitrogens is 2. The summed E-state index contributed by atoms with van der Waals surface area (Å²) in [5.74, 6) is -0.388. The van der Waals surface area contributed by atoms with Crippen LogP contribution in [0.1, 0.15) is 12.5 Å². The second-order valence-corrected chi connectivity index (χ2v) is 5.15. The van der Waals surface area contributed by atoms with Crippen LogP contribution in [-0.4, -0.2) is 16.0 Å². The Kier molecular flexibility index (Phi) is 4.44. The smallest absolute Gasteiger partial charge is 0.321 e. The van der Waals surface area contributed by atoms with Crippen molar-refractivity contribution in [3.8, 4) is 11.8 Å². The zero-order chi connectivity index (χ0) is 13.8. The third-order valence-electron chi connectivity index (χ3n) is 2.33. The summed E-state index contributed by atoms with van der Waals surface area (Å²) in [6.45, 7) is 1.90. The van der Waals surface area contributed by atoms with Gasteiger partial charge in [0.25, 0.3) is 0 Å². The average Bonchev–Trinajstić information content (AvgIpc) is 2.35. The molecule has 4 nitrogen and oxygen atoms in total. The summed E-state index contributed by atoms with van der Waals surface area (Å²) in [5.41, 5.74) is 6.59. The number of hydrogen-bond acceptors (Lipinski definition) is 4. The number of ether oxygens (including phenoxy) is 1. The van der Waals surface area contributed by atoms with Gasteiger partial charge in [0.2, 0.25) is 0 Å². The fraction of sp³-hybridized carbons (Fsp3) is 0.231. The molecule has 6 heteroatoms. The van der Waals surface area contributed by atoms with Gasteiger partial charge < -0.3 is 10.5 Å². The first-order valence-electron chi connectivity index (χ1n) is 5.74. The molecule has 0 spiro atoms. The van der Waals surface area contributed by atoms with Gasteiger partial charge >= 0.3 is 6.01 Å². The van der Waals surface area contributed by atoms with Crippen LogP contribution in [0.2, 0.25) is 0 Å². The molecule has 100 valence electrons. The number of nitrogens with two attached hydrogens (primary N) is 1. The number of hydrogen-bond donors (Lipinski definition) is 1. The zero-order valence-electron chi connectivity index (χ0n) is 10.3. The van der Waals surface area contributed by atoms with Crippen LogP contribution in [0.5, 0.6) is 11.8 Å². The van der Waals surface area contributed by atoms with Gasteiger partial charge in [0.05, 0.1) is 0 Å². The lowest BCUT2D eigenvalue weighted by molar-refractivity contribution is 0.410. The predicted octanol–water partition coefficient (Wildman–Crippen LogP) is 3.06. The molecule has 0 radical (unpaired) electrons. The molecule has 19 heavy (non-hydrogen) atoms. The van der Waals surface area contributed by atoms with Crippen molar-refractivity contribution in [1.82, 2.24) is 9.97 Å². The van der Waals surface area contributed by atoms with Gasteiger partial charge in [-0.1, -0.05) is 15.9 Å². The molecule has 0 bridgehead atoms. The maximum atomic E-state index is 13.5. The van der Waals surface area contributed by atoms with E-state index in [1.807, 2.05) is 6.92 Å². The van der Waals surface area contributed by atoms with Gasteiger partial charge in [-0.3, -0.25) is 0 Å². The van der Waals surface area contributed by atoms with E-state index in [9.17, 15) is 4.39 Å². The highest BCUT2D eigenvalue weighted by Gasteiger charge is 2.08. The topological polar surface area (TPSA) is 61.0 Å². The molecule has 1 heterocycles. The number of benzene rings is 1. The molecule has 0 amide bonds. The SMILES string of the molecule is CC(N)Cc1cnc(Oc2cc(Br)ccc2F)nc1. The third-order valence-corrected chi connectivity index (χ3v) is 2.83. The average molecular weight is 326 g/mol. The van der Waals surface area contributed by atoms with Crippen LogP contribution in [0.3, 0.4) is 0 Å². The Morgan fingerprint density at radius 3 is 2.68 bits per heavy atom. The highest BCUT2D eigenvalue weighted by molar-refractivity contribution is 9.10. The van der Waals surface area contributed by atoms with Crippen LogP contribution in [0.25, 0.3) is 0 Å². The van der Waals surface area contributed by atoms with Crippen molar-refractivity contribution in [2.75, 3.05) is 0 Å². The highest BCUT2D eigenvalue weighted by atomic mass is 79.9. The van der Waals surface area contributed by atoms with Gasteiger partial charge in [-0.05, 0) is 37.1 Å². The Morgan fingerprint density at radius 2 is 2.05 bits per heavy atom. The lowest BCUT2D eigenvalue weighted by Gasteiger charge is -2.07. The van der Waals surface area contributed by atoms with E-state index >= 15 is 0 Å². The standard InChI is InChI=1S/C13H13BrFN3O/c1-8(16)4-9-6-17-13(18-7-9)19-12-5-10(14)2-3-11(12)15/h2-3,5-8H,4,16H2,1H3. The first-order chi connectivity index (χ1) is 9.04. The van der Waals surface area contributed by atoms with Crippen molar-refractivity contribution >= 4 is 15.9 Å². The minimum Gasteiger partial charge on any atom is -0.421 e. The van der Waals surface area contributed by atoms with Crippen molar-refractivity contribution in [2.45, 2.75) is 19.4 Å². The molecule has 0 saturated carbocycles. The van der Waals surface area contributed by atoms with Crippen molar-refractivity contribution in [1.29, 1.82) is 0 Å². The Bertz CT molecular complexity index is 560. The minimum atomic E-state index is -0.466. The lowest BCUT2D eigenvalue weighted by atomic mass is 10.1. The van der Waals surface area contributed by atoms with Crippen LogP contribution in [0.15, 0.2) is 35.1 Å². The Morgan fingerprint density at radius 1 is 1.37 bits per heavy atom. The van der Waals surface area contributed by atoms with E-state index in [4.69, 9.17) is 10.5 Å². The maximum absolute atomic E-state index is 13.5. The lowest BCUT2D eigenvalue weighted by Crippen LogP contribution is -2.17. The predicted molar refractivity (Wildman–Crippen MR) is 73.6 cm³/mol. The van der Waals surface area contributed by atoms with Gasteiger partial charge in [0.15, 0.2) is 11.6 Å². The summed E-state index contributed by atoms with van der Waals surface area (Å²) in [6, 6.07) is 4.57. The van der Waals surface area contributed by atoms with E-state index in [-0.39, 0.29) is 17.8 Å². The molecule has 0 fully saturated rings. The van der Waals surface area contributed by atoms with Gasteiger partial charge in [0.1, 0.15) is 0 Å². The largest absolute Gasteiger partial charge is 0.421 e. The molecule has 0 aliphatic carbocycles. The van der Waals surface area contributed by atoms with Gasteiger partial charge in [-0.2, -0.15) is 0 Å². The summed E-state index contributed by atoms with van der Waals surface area (Å²) < 4.78 is 19.5. The second-order valence-electron chi connectivity index (χ2n) is 4.23. The summed E-state index contributed by atoms with van der Waals surface area (Å²) in [5, 5.41) is 0. The first kappa shape index (κ1) is 13.9. The normalized spacial score (nSPS) is 12.2. The molecule has 2 rings (SSSR count). The molecular formula is C13H13BrFN3O. The van der Waals surface area contributed by atoms with E-state index in [1.165, 1.54) is 12.1 Å². The Labute approximate surface area is 119 Å². The van der Waals surface area contributed by atoms with E-state index < -0.39 is 5.82 Å². The molecular weight excluding hydrogens is 313 g/mol. The van der Waals surface area contributed by atoms with E-state index in [0.29, 0.717) is 6.42 Å². The minimum absolute atomic E-state index is 0.0397. The molecule has 1 atom stereocenters.